The highest BCUT2D eigenvalue weighted by Crippen LogP contribution is 2.49. The fraction of sp³-hybridized carbons (Fsp3) is 0.0811. The van der Waals surface area contributed by atoms with Gasteiger partial charge in [-0.2, -0.15) is 0 Å². The Hall–Kier alpha value is -4.40. The molecule has 0 radical (unpaired) electrons. The second-order valence-electron chi connectivity index (χ2n) is 11.4. The van der Waals surface area contributed by atoms with Crippen LogP contribution in [0.5, 0.6) is 0 Å². The Balaban J connectivity index is 1.38. The smallest absolute Gasteiger partial charge is 0.0547 e. The van der Waals surface area contributed by atoms with E-state index in [1.54, 1.807) is 0 Å². The molecule has 0 unspecified atom stereocenters. The Bertz CT molecular complexity index is 2310. The molecule has 0 fully saturated rings. The summed E-state index contributed by atoms with van der Waals surface area (Å²) in [4.78, 5) is 0. The number of thiophene rings is 1. The van der Waals surface area contributed by atoms with Crippen molar-refractivity contribution in [1.29, 1.82) is 0 Å². The van der Waals surface area contributed by atoms with Crippen molar-refractivity contribution in [2.45, 2.75) is 19.3 Å². The Morgan fingerprint density at radius 2 is 1.31 bits per heavy atom. The molecule has 6 aromatic carbocycles. The van der Waals surface area contributed by atoms with Gasteiger partial charge in [-0.1, -0.05) is 92.7 Å². The fourth-order valence-corrected chi connectivity index (χ4v) is 8.31. The van der Waals surface area contributed by atoms with Crippen LogP contribution in [0.15, 0.2) is 115 Å². The molecule has 0 amide bonds. The maximum absolute atomic E-state index is 2.48. The average Bonchev–Trinajstić information content (AvgIpc) is 3.58. The molecule has 1 aliphatic rings. The summed E-state index contributed by atoms with van der Waals surface area (Å²) in [6.45, 7) is 4.72. The van der Waals surface area contributed by atoms with Gasteiger partial charge in [-0.25, -0.2) is 0 Å². The van der Waals surface area contributed by atoms with Gasteiger partial charge in [0.25, 0.3) is 0 Å². The zero-order valence-electron chi connectivity index (χ0n) is 21.8. The molecule has 2 heteroatoms. The summed E-state index contributed by atoms with van der Waals surface area (Å²) < 4.78 is 5.20. The van der Waals surface area contributed by atoms with Crippen LogP contribution in [-0.2, 0) is 5.41 Å². The van der Waals surface area contributed by atoms with E-state index in [2.05, 4.69) is 134 Å². The van der Waals surface area contributed by atoms with Gasteiger partial charge in [0, 0.05) is 47.4 Å². The summed E-state index contributed by atoms with van der Waals surface area (Å²) in [5, 5.41) is 7.94. The Morgan fingerprint density at radius 3 is 2.23 bits per heavy atom. The first-order valence-corrected chi connectivity index (χ1v) is 14.4. The van der Waals surface area contributed by atoms with Crippen molar-refractivity contribution in [2.24, 2.45) is 0 Å². The molecule has 0 saturated carbocycles. The lowest BCUT2D eigenvalue weighted by Crippen LogP contribution is -2.15. The van der Waals surface area contributed by atoms with Crippen molar-refractivity contribution in [3.05, 3.63) is 126 Å². The molecule has 0 saturated heterocycles. The summed E-state index contributed by atoms with van der Waals surface area (Å²) in [5.41, 5.74) is 9.25. The van der Waals surface area contributed by atoms with Gasteiger partial charge in [0.1, 0.15) is 0 Å². The van der Waals surface area contributed by atoms with E-state index < -0.39 is 0 Å². The van der Waals surface area contributed by atoms with Gasteiger partial charge in [0.2, 0.25) is 0 Å². The maximum atomic E-state index is 2.48. The van der Waals surface area contributed by atoms with Crippen LogP contribution >= 0.6 is 11.3 Å². The van der Waals surface area contributed by atoms with Crippen LogP contribution in [0.2, 0.25) is 0 Å². The SMILES string of the molecule is CC1(C)c2ccccc2-c2ccc(-n3c4ccccc4c4cc5ccc6c7ccccc7sc6c5cc43)cc21. The molecule has 1 aliphatic carbocycles. The van der Waals surface area contributed by atoms with Crippen LogP contribution in [0.3, 0.4) is 0 Å². The van der Waals surface area contributed by atoms with Gasteiger partial charge in [-0.15, -0.1) is 11.3 Å². The van der Waals surface area contributed by atoms with Crippen LogP contribution in [-0.4, -0.2) is 4.57 Å². The molecule has 0 N–H and O–H groups in total. The maximum Gasteiger partial charge on any atom is 0.0547 e. The minimum atomic E-state index is -0.0311. The molecular formula is C37H25NS. The minimum Gasteiger partial charge on any atom is -0.309 e. The van der Waals surface area contributed by atoms with Gasteiger partial charge in [0.15, 0.2) is 0 Å². The molecule has 9 rings (SSSR count). The Labute approximate surface area is 230 Å². The third-order valence-electron chi connectivity index (χ3n) is 8.98. The van der Waals surface area contributed by atoms with E-state index in [0.29, 0.717) is 0 Å². The van der Waals surface area contributed by atoms with E-state index in [0.717, 1.165) is 0 Å². The number of fused-ring (bicyclic) bond motifs is 11. The highest BCUT2D eigenvalue weighted by Gasteiger charge is 2.35. The van der Waals surface area contributed by atoms with Crippen LogP contribution in [0.25, 0.3) is 69.6 Å². The summed E-state index contributed by atoms with van der Waals surface area (Å²) in [6.07, 6.45) is 0. The molecule has 2 heterocycles. The van der Waals surface area contributed by atoms with E-state index in [-0.39, 0.29) is 5.41 Å². The topological polar surface area (TPSA) is 4.93 Å². The number of aromatic nitrogens is 1. The van der Waals surface area contributed by atoms with E-state index in [4.69, 9.17) is 0 Å². The van der Waals surface area contributed by atoms with E-state index in [9.17, 15) is 0 Å². The van der Waals surface area contributed by atoms with Crippen LogP contribution in [0, 0.1) is 0 Å². The molecule has 39 heavy (non-hydrogen) atoms. The molecule has 0 spiro atoms. The van der Waals surface area contributed by atoms with Gasteiger partial charge < -0.3 is 4.57 Å². The minimum absolute atomic E-state index is 0.0311. The third kappa shape index (κ3) is 2.74. The lowest BCUT2D eigenvalue weighted by Gasteiger charge is -2.22. The summed E-state index contributed by atoms with van der Waals surface area (Å²) in [5.74, 6) is 0. The number of hydrogen-bond acceptors (Lipinski definition) is 1. The highest BCUT2D eigenvalue weighted by atomic mass is 32.1. The second kappa shape index (κ2) is 7.37. The first kappa shape index (κ1) is 21.5. The van der Waals surface area contributed by atoms with E-state index >= 15 is 0 Å². The quantitative estimate of drug-likeness (QED) is 0.205. The van der Waals surface area contributed by atoms with Crippen molar-refractivity contribution in [3.8, 4) is 16.8 Å². The van der Waals surface area contributed by atoms with Gasteiger partial charge in [0.05, 0.1) is 11.0 Å². The van der Waals surface area contributed by atoms with E-state index in [1.807, 2.05) is 11.3 Å². The normalized spacial score (nSPS) is 14.1. The molecule has 2 aromatic heterocycles. The number of benzene rings is 6. The lowest BCUT2D eigenvalue weighted by atomic mass is 9.82. The molecular weight excluding hydrogens is 490 g/mol. The molecule has 184 valence electrons. The lowest BCUT2D eigenvalue weighted by molar-refractivity contribution is 0.660. The van der Waals surface area contributed by atoms with Gasteiger partial charge >= 0.3 is 0 Å². The van der Waals surface area contributed by atoms with Crippen molar-refractivity contribution in [3.63, 3.8) is 0 Å². The van der Waals surface area contributed by atoms with Crippen LogP contribution in [0.4, 0.5) is 0 Å². The zero-order chi connectivity index (χ0) is 25.9. The average molecular weight is 516 g/mol. The Kier molecular flexibility index (Phi) is 4.07. The van der Waals surface area contributed by atoms with Crippen molar-refractivity contribution in [1.82, 2.24) is 4.57 Å². The number of rotatable bonds is 1. The van der Waals surface area contributed by atoms with E-state index in [1.165, 1.54) is 80.7 Å². The summed E-state index contributed by atoms with van der Waals surface area (Å²) in [7, 11) is 0. The van der Waals surface area contributed by atoms with Crippen molar-refractivity contribution < 1.29 is 0 Å². The van der Waals surface area contributed by atoms with Crippen molar-refractivity contribution in [2.75, 3.05) is 0 Å². The summed E-state index contributed by atoms with van der Waals surface area (Å²) in [6, 6.07) is 43.1. The first-order valence-electron chi connectivity index (χ1n) is 13.6. The van der Waals surface area contributed by atoms with Crippen molar-refractivity contribution >= 4 is 64.1 Å². The number of nitrogens with zero attached hydrogens (tertiary/aromatic N) is 1. The van der Waals surface area contributed by atoms with Gasteiger partial charge in [-0.05, 0) is 64.0 Å². The van der Waals surface area contributed by atoms with Crippen LogP contribution in [0.1, 0.15) is 25.0 Å². The van der Waals surface area contributed by atoms with Gasteiger partial charge in [-0.3, -0.25) is 0 Å². The largest absolute Gasteiger partial charge is 0.309 e. The number of hydrogen-bond donors (Lipinski definition) is 0. The summed E-state index contributed by atoms with van der Waals surface area (Å²) >= 11 is 1.91. The molecule has 1 nitrogen and oxygen atoms in total. The standard InChI is InChI=1S/C37H25NS/c1-37(2)31-12-6-3-9-24(31)25-18-16-23(20-32(25)37)38-33-13-7-4-10-26(33)30-19-22-15-17-28-27-11-5-8-14-35(27)39-36(28)29(22)21-34(30)38/h3-21H,1-2H3. The highest BCUT2D eigenvalue weighted by molar-refractivity contribution is 7.26. The molecule has 8 aromatic rings. The predicted molar refractivity (Wildman–Crippen MR) is 169 cm³/mol. The molecule has 0 bridgehead atoms. The fourth-order valence-electron chi connectivity index (χ4n) is 7.08. The second-order valence-corrected chi connectivity index (χ2v) is 12.4. The molecule has 0 atom stereocenters. The third-order valence-corrected chi connectivity index (χ3v) is 10.2. The Morgan fingerprint density at radius 1 is 0.538 bits per heavy atom. The van der Waals surface area contributed by atoms with Crippen LogP contribution < -0.4 is 0 Å². The monoisotopic (exact) mass is 515 g/mol. The predicted octanol–water partition coefficient (Wildman–Crippen LogP) is 10.6. The zero-order valence-corrected chi connectivity index (χ0v) is 22.6. The first-order chi connectivity index (χ1) is 19.1. The number of para-hydroxylation sites is 1. The molecule has 0 aliphatic heterocycles.